The zero-order chi connectivity index (χ0) is 17.0. The van der Waals surface area contributed by atoms with Gasteiger partial charge in [0.05, 0.1) is 25.5 Å². The second kappa shape index (κ2) is 7.24. The van der Waals surface area contributed by atoms with Gasteiger partial charge in [-0.15, -0.1) is 0 Å². The van der Waals surface area contributed by atoms with Crippen LogP contribution in [0.5, 0.6) is 5.75 Å². The third kappa shape index (κ3) is 5.10. The van der Waals surface area contributed by atoms with Gasteiger partial charge in [0, 0.05) is 6.20 Å². The van der Waals surface area contributed by atoms with E-state index in [0.717, 1.165) is 0 Å². The monoisotopic (exact) mass is 325 g/mol. The van der Waals surface area contributed by atoms with Gasteiger partial charge in [-0.05, 0) is 31.1 Å². The highest BCUT2D eigenvalue weighted by atomic mass is 28.4. The van der Waals surface area contributed by atoms with E-state index in [1.165, 1.54) is 13.3 Å². The normalized spacial score (nSPS) is 13.6. The summed E-state index contributed by atoms with van der Waals surface area (Å²) in [6.45, 7) is 13.5. The van der Waals surface area contributed by atoms with Gasteiger partial charge in [-0.25, -0.2) is 4.79 Å². The third-order valence-electron chi connectivity index (χ3n) is 3.96. The Hall–Kier alpha value is -1.40. The van der Waals surface area contributed by atoms with E-state index in [2.05, 4.69) is 43.6 Å². The van der Waals surface area contributed by atoms with Crippen molar-refractivity contribution in [2.24, 2.45) is 0 Å². The van der Waals surface area contributed by atoms with Crippen LogP contribution >= 0.6 is 0 Å². The highest BCUT2D eigenvalue weighted by Crippen LogP contribution is 2.36. The minimum atomic E-state index is -1.79. The molecule has 1 rings (SSSR count). The van der Waals surface area contributed by atoms with Crippen LogP contribution in [-0.2, 0) is 9.16 Å². The fourth-order valence-corrected chi connectivity index (χ4v) is 2.61. The van der Waals surface area contributed by atoms with Crippen LogP contribution in [-0.4, -0.2) is 39.1 Å². The molecule has 1 atom stereocenters. The molecule has 0 amide bonds. The average molecular weight is 325 g/mol. The molecule has 0 radical (unpaired) electrons. The third-order valence-corrected chi connectivity index (χ3v) is 8.46. The molecular formula is C16H27NO4Si. The lowest BCUT2D eigenvalue weighted by atomic mass is 10.2. The van der Waals surface area contributed by atoms with E-state index in [-0.39, 0.29) is 11.1 Å². The lowest BCUT2D eigenvalue weighted by Gasteiger charge is -2.36. The highest BCUT2D eigenvalue weighted by molar-refractivity contribution is 6.74. The first kappa shape index (κ1) is 18.6. The molecule has 124 valence electrons. The van der Waals surface area contributed by atoms with Gasteiger partial charge in [-0.2, -0.15) is 0 Å². The molecule has 5 nitrogen and oxygen atoms in total. The van der Waals surface area contributed by atoms with Gasteiger partial charge in [-0.1, -0.05) is 20.8 Å². The van der Waals surface area contributed by atoms with Gasteiger partial charge < -0.3 is 13.9 Å². The molecule has 1 aromatic rings. The number of hydrogen-bond donors (Lipinski definition) is 0. The van der Waals surface area contributed by atoms with E-state index >= 15 is 0 Å². The number of esters is 1. The number of methoxy groups -OCH3 is 1. The fraction of sp³-hybridized carbons (Fsp3) is 0.625. The Morgan fingerprint density at radius 1 is 1.32 bits per heavy atom. The van der Waals surface area contributed by atoms with Crippen LogP contribution in [0.15, 0.2) is 18.5 Å². The number of carbonyl (C=O) groups is 1. The molecule has 0 aliphatic carbocycles. The number of rotatable bonds is 6. The Bertz CT molecular complexity index is 511. The topological polar surface area (TPSA) is 57.7 Å². The van der Waals surface area contributed by atoms with Crippen molar-refractivity contribution in [1.82, 2.24) is 4.98 Å². The highest BCUT2D eigenvalue weighted by Gasteiger charge is 2.37. The first-order valence-corrected chi connectivity index (χ1v) is 10.3. The number of carbonyl (C=O) groups excluding carboxylic acids is 1. The summed E-state index contributed by atoms with van der Waals surface area (Å²) in [6, 6.07) is 1.63. The Balaban J connectivity index is 2.63. The predicted molar refractivity (Wildman–Crippen MR) is 88.8 cm³/mol. The van der Waals surface area contributed by atoms with Crippen molar-refractivity contribution in [3.8, 4) is 5.75 Å². The fourth-order valence-electron chi connectivity index (χ4n) is 1.52. The van der Waals surface area contributed by atoms with Crippen LogP contribution in [0.3, 0.4) is 0 Å². The van der Waals surface area contributed by atoms with Crippen LogP contribution < -0.4 is 4.74 Å². The summed E-state index contributed by atoms with van der Waals surface area (Å²) in [6.07, 6.45) is 2.91. The second-order valence-corrected chi connectivity index (χ2v) is 11.7. The summed E-state index contributed by atoms with van der Waals surface area (Å²) in [5, 5.41) is 0.166. The predicted octanol–water partition coefficient (Wildman–Crippen LogP) is 3.66. The number of ether oxygens (including phenoxy) is 2. The average Bonchev–Trinajstić information content (AvgIpc) is 2.43. The van der Waals surface area contributed by atoms with Crippen molar-refractivity contribution in [3.63, 3.8) is 0 Å². The van der Waals surface area contributed by atoms with Crippen molar-refractivity contribution >= 4 is 14.3 Å². The summed E-state index contributed by atoms with van der Waals surface area (Å²) in [7, 11) is -0.450. The van der Waals surface area contributed by atoms with E-state index < -0.39 is 14.3 Å². The number of pyridine rings is 1. The quantitative estimate of drug-likeness (QED) is 0.590. The molecule has 22 heavy (non-hydrogen) atoms. The van der Waals surface area contributed by atoms with Gasteiger partial charge >= 0.3 is 5.97 Å². The zero-order valence-electron chi connectivity index (χ0n) is 14.6. The molecule has 0 saturated carbocycles. The molecule has 0 fully saturated rings. The van der Waals surface area contributed by atoms with Gasteiger partial charge in [0.15, 0.2) is 8.32 Å². The number of aromatic nitrogens is 1. The molecule has 1 heterocycles. The summed E-state index contributed by atoms with van der Waals surface area (Å²) >= 11 is 0. The molecular weight excluding hydrogens is 298 g/mol. The molecule has 0 spiro atoms. The summed E-state index contributed by atoms with van der Waals surface area (Å²) < 4.78 is 16.6. The van der Waals surface area contributed by atoms with E-state index in [0.29, 0.717) is 17.9 Å². The molecule has 0 aromatic carbocycles. The summed E-state index contributed by atoms with van der Waals surface area (Å²) in [4.78, 5) is 15.5. The Morgan fingerprint density at radius 3 is 2.50 bits per heavy atom. The van der Waals surface area contributed by atoms with E-state index in [1.807, 2.05) is 6.92 Å². The SMILES string of the molecule is COC(=O)c1cncc(OC(C)CO[Si](C)(C)C(C)(C)C)c1. The van der Waals surface area contributed by atoms with Gasteiger partial charge in [0.1, 0.15) is 11.9 Å². The van der Waals surface area contributed by atoms with Gasteiger partial charge in [-0.3, -0.25) is 4.98 Å². The molecule has 1 unspecified atom stereocenters. The van der Waals surface area contributed by atoms with Crippen LogP contribution in [0.25, 0.3) is 0 Å². The molecule has 6 heteroatoms. The zero-order valence-corrected chi connectivity index (χ0v) is 15.6. The largest absolute Gasteiger partial charge is 0.487 e. The minimum absolute atomic E-state index is 0.121. The Labute approximate surface area is 134 Å². The second-order valence-electron chi connectivity index (χ2n) is 6.90. The number of hydrogen-bond acceptors (Lipinski definition) is 5. The van der Waals surface area contributed by atoms with Crippen molar-refractivity contribution < 1.29 is 18.7 Å². The maximum Gasteiger partial charge on any atom is 0.339 e. The van der Waals surface area contributed by atoms with Crippen molar-refractivity contribution in [2.75, 3.05) is 13.7 Å². The standard InChI is InChI=1S/C16H27NO4Si/c1-12(11-20-22(6,7)16(2,3)4)21-14-8-13(9-17-10-14)15(18)19-5/h8-10,12H,11H2,1-7H3. The summed E-state index contributed by atoms with van der Waals surface area (Å²) in [5.74, 6) is 0.109. The van der Waals surface area contributed by atoms with Gasteiger partial charge in [0.2, 0.25) is 0 Å². The first-order chi connectivity index (χ1) is 10.1. The molecule has 0 aliphatic rings. The Morgan fingerprint density at radius 2 is 1.95 bits per heavy atom. The molecule has 0 N–H and O–H groups in total. The van der Waals surface area contributed by atoms with Crippen molar-refractivity contribution in [1.29, 1.82) is 0 Å². The molecule has 1 aromatic heterocycles. The molecule has 0 aliphatic heterocycles. The van der Waals surface area contributed by atoms with E-state index in [1.54, 1.807) is 12.3 Å². The van der Waals surface area contributed by atoms with Crippen molar-refractivity contribution in [3.05, 3.63) is 24.0 Å². The van der Waals surface area contributed by atoms with E-state index in [9.17, 15) is 4.79 Å². The smallest absolute Gasteiger partial charge is 0.339 e. The van der Waals surface area contributed by atoms with Crippen LogP contribution in [0, 0.1) is 0 Å². The van der Waals surface area contributed by atoms with Crippen LogP contribution in [0.4, 0.5) is 0 Å². The maximum atomic E-state index is 11.5. The lowest BCUT2D eigenvalue weighted by molar-refractivity contribution is 0.0599. The lowest BCUT2D eigenvalue weighted by Crippen LogP contribution is -2.43. The number of nitrogens with zero attached hydrogens (tertiary/aromatic N) is 1. The van der Waals surface area contributed by atoms with Crippen LogP contribution in [0.1, 0.15) is 38.1 Å². The van der Waals surface area contributed by atoms with Gasteiger partial charge in [0.25, 0.3) is 0 Å². The van der Waals surface area contributed by atoms with Crippen LogP contribution in [0.2, 0.25) is 18.1 Å². The first-order valence-electron chi connectivity index (χ1n) is 7.41. The maximum absolute atomic E-state index is 11.5. The van der Waals surface area contributed by atoms with E-state index in [4.69, 9.17) is 9.16 Å². The molecule has 0 saturated heterocycles. The molecule has 0 bridgehead atoms. The summed E-state index contributed by atoms with van der Waals surface area (Å²) in [5.41, 5.74) is 0.373. The van der Waals surface area contributed by atoms with Crippen molar-refractivity contribution in [2.45, 2.75) is 51.9 Å². The Kier molecular flexibility index (Phi) is 6.14. The minimum Gasteiger partial charge on any atom is -0.487 e.